The molecular formula is C26H25N3O2. The molecule has 0 atom stereocenters. The van der Waals surface area contributed by atoms with Crippen molar-refractivity contribution in [1.29, 1.82) is 0 Å². The van der Waals surface area contributed by atoms with Gasteiger partial charge < -0.3 is 14.8 Å². The second kappa shape index (κ2) is 8.48. The number of hydrogen-bond donors (Lipinski definition) is 1. The molecule has 3 aromatic carbocycles. The summed E-state index contributed by atoms with van der Waals surface area (Å²) >= 11 is 0. The summed E-state index contributed by atoms with van der Waals surface area (Å²) < 4.78 is 1.82. The van der Waals surface area contributed by atoms with Crippen LogP contribution in [-0.2, 0) is 11.3 Å². The van der Waals surface area contributed by atoms with Gasteiger partial charge in [-0.3, -0.25) is 9.59 Å². The lowest BCUT2D eigenvalue weighted by molar-refractivity contribution is -0.114. The Morgan fingerprint density at radius 1 is 0.935 bits per heavy atom. The van der Waals surface area contributed by atoms with E-state index in [0.717, 1.165) is 33.6 Å². The van der Waals surface area contributed by atoms with Crippen LogP contribution in [0.1, 0.15) is 12.5 Å². The van der Waals surface area contributed by atoms with E-state index >= 15 is 0 Å². The van der Waals surface area contributed by atoms with E-state index in [4.69, 9.17) is 0 Å². The lowest BCUT2D eigenvalue weighted by atomic mass is 10.0. The molecule has 0 saturated carbocycles. The van der Waals surface area contributed by atoms with Gasteiger partial charge in [0.15, 0.2) is 0 Å². The van der Waals surface area contributed by atoms with E-state index in [1.807, 2.05) is 96.4 Å². The van der Waals surface area contributed by atoms with Crippen molar-refractivity contribution >= 4 is 28.1 Å². The number of anilines is 2. The number of hydrogen-bond acceptors (Lipinski definition) is 3. The number of amides is 1. The Kier molecular flexibility index (Phi) is 5.58. The van der Waals surface area contributed by atoms with E-state index in [9.17, 15) is 9.59 Å². The van der Waals surface area contributed by atoms with Crippen LogP contribution in [0.5, 0.6) is 0 Å². The van der Waals surface area contributed by atoms with Crippen molar-refractivity contribution < 1.29 is 4.79 Å². The molecule has 0 fully saturated rings. The van der Waals surface area contributed by atoms with Gasteiger partial charge in [-0.15, -0.1) is 0 Å². The number of nitrogens with one attached hydrogen (secondary N) is 1. The third-order valence-electron chi connectivity index (χ3n) is 5.30. The predicted molar refractivity (Wildman–Crippen MR) is 128 cm³/mol. The minimum Gasteiger partial charge on any atom is -0.378 e. The zero-order chi connectivity index (χ0) is 22.0. The normalized spacial score (nSPS) is 10.8. The molecule has 0 radical (unpaired) electrons. The summed E-state index contributed by atoms with van der Waals surface area (Å²) in [6.07, 6.45) is 0. The molecule has 4 rings (SSSR count). The second-order valence-electron chi connectivity index (χ2n) is 7.83. The van der Waals surface area contributed by atoms with Crippen molar-refractivity contribution in [3.05, 3.63) is 94.8 Å². The van der Waals surface area contributed by atoms with Crippen molar-refractivity contribution in [3.63, 3.8) is 0 Å². The monoisotopic (exact) mass is 411 g/mol. The first-order valence-electron chi connectivity index (χ1n) is 10.2. The molecule has 1 heterocycles. The predicted octanol–water partition coefficient (Wildman–Crippen LogP) is 4.74. The molecule has 0 bridgehead atoms. The van der Waals surface area contributed by atoms with E-state index < -0.39 is 0 Å². The SMILES string of the molecule is CC(=O)Nc1ccc(-c2cc3ccc(N(C)C)cc3c(=O)n2Cc2ccccc2)cc1. The Hall–Kier alpha value is -3.86. The number of benzene rings is 3. The minimum absolute atomic E-state index is 0.0222. The Morgan fingerprint density at radius 2 is 1.65 bits per heavy atom. The average molecular weight is 412 g/mol. The van der Waals surface area contributed by atoms with Gasteiger partial charge in [-0.05, 0) is 46.8 Å². The standard InChI is InChI=1S/C26H25N3O2/c1-18(30)27-22-12-9-20(10-13-22)25-15-21-11-14-23(28(2)3)16-24(21)26(31)29(25)17-19-7-5-4-6-8-19/h4-16H,17H2,1-3H3,(H,27,30). The van der Waals surface area contributed by atoms with Crippen molar-refractivity contribution in [3.8, 4) is 11.3 Å². The van der Waals surface area contributed by atoms with Crippen LogP contribution >= 0.6 is 0 Å². The molecule has 0 aliphatic heterocycles. The van der Waals surface area contributed by atoms with E-state index in [1.54, 1.807) is 0 Å². The summed E-state index contributed by atoms with van der Waals surface area (Å²) in [6.45, 7) is 1.96. The molecule has 0 aliphatic carbocycles. The molecule has 0 aliphatic rings. The molecule has 1 aromatic heterocycles. The maximum atomic E-state index is 13.6. The van der Waals surface area contributed by atoms with Gasteiger partial charge in [0.1, 0.15) is 0 Å². The molecule has 5 heteroatoms. The fraction of sp³-hybridized carbons (Fsp3) is 0.154. The van der Waals surface area contributed by atoms with Crippen molar-refractivity contribution in [2.75, 3.05) is 24.3 Å². The van der Waals surface area contributed by atoms with Gasteiger partial charge in [0.05, 0.1) is 12.2 Å². The molecule has 31 heavy (non-hydrogen) atoms. The Balaban J connectivity index is 1.90. The first kappa shape index (κ1) is 20.4. The maximum absolute atomic E-state index is 13.6. The zero-order valence-corrected chi connectivity index (χ0v) is 17.9. The summed E-state index contributed by atoms with van der Waals surface area (Å²) in [5.74, 6) is -0.115. The highest BCUT2D eigenvalue weighted by molar-refractivity contribution is 5.90. The van der Waals surface area contributed by atoms with E-state index in [0.29, 0.717) is 11.9 Å². The van der Waals surface area contributed by atoms with Gasteiger partial charge in [0, 0.05) is 37.8 Å². The van der Waals surface area contributed by atoms with Crippen molar-refractivity contribution in [1.82, 2.24) is 4.57 Å². The third-order valence-corrected chi connectivity index (χ3v) is 5.30. The highest BCUT2D eigenvalue weighted by Gasteiger charge is 2.13. The third kappa shape index (κ3) is 4.36. The molecule has 0 spiro atoms. The highest BCUT2D eigenvalue weighted by atomic mass is 16.1. The largest absolute Gasteiger partial charge is 0.378 e. The molecule has 1 N–H and O–H groups in total. The van der Waals surface area contributed by atoms with Gasteiger partial charge in [-0.1, -0.05) is 48.5 Å². The summed E-state index contributed by atoms with van der Waals surface area (Å²) in [7, 11) is 3.93. The van der Waals surface area contributed by atoms with Crippen molar-refractivity contribution in [2.45, 2.75) is 13.5 Å². The summed E-state index contributed by atoms with van der Waals surface area (Å²) in [5.41, 5.74) is 4.51. The molecule has 156 valence electrons. The first-order chi connectivity index (χ1) is 14.9. The van der Waals surface area contributed by atoms with Gasteiger partial charge in [-0.2, -0.15) is 0 Å². The lowest BCUT2D eigenvalue weighted by Gasteiger charge is -2.17. The van der Waals surface area contributed by atoms with E-state index in [2.05, 4.69) is 11.4 Å². The Labute approximate surface area is 181 Å². The van der Waals surface area contributed by atoms with Crippen LogP contribution in [0.2, 0.25) is 0 Å². The molecule has 4 aromatic rings. The fourth-order valence-electron chi connectivity index (χ4n) is 3.70. The van der Waals surface area contributed by atoms with Crippen LogP contribution < -0.4 is 15.8 Å². The number of fused-ring (bicyclic) bond motifs is 1. The number of nitrogens with zero attached hydrogens (tertiary/aromatic N) is 2. The van der Waals surface area contributed by atoms with Gasteiger partial charge in [-0.25, -0.2) is 0 Å². The Morgan fingerprint density at radius 3 is 2.29 bits per heavy atom. The average Bonchev–Trinajstić information content (AvgIpc) is 2.76. The van der Waals surface area contributed by atoms with Crippen LogP contribution in [-0.4, -0.2) is 24.6 Å². The molecule has 0 saturated heterocycles. The van der Waals surface area contributed by atoms with Crippen LogP contribution in [0.3, 0.4) is 0 Å². The number of carbonyl (C=O) groups is 1. The van der Waals surface area contributed by atoms with Gasteiger partial charge in [0.25, 0.3) is 5.56 Å². The number of aromatic nitrogens is 1. The quantitative estimate of drug-likeness (QED) is 0.516. The number of carbonyl (C=O) groups excluding carboxylic acids is 1. The summed E-state index contributed by atoms with van der Waals surface area (Å²) in [6, 6.07) is 25.6. The lowest BCUT2D eigenvalue weighted by Crippen LogP contribution is -2.23. The highest BCUT2D eigenvalue weighted by Crippen LogP contribution is 2.26. The minimum atomic E-state index is -0.115. The number of rotatable bonds is 5. The topological polar surface area (TPSA) is 54.3 Å². The summed E-state index contributed by atoms with van der Waals surface area (Å²) in [4.78, 5) is 26.9. The van der Waals surface area contributed by atoms with Crippen LogP contribution in [0.15, 0.2) is 83.7 Å². The number of pyridine rings is 1. The molecule has 1 amide bonds. The van der Waals surface area contributed by atoms with Crippen LogP contribution in [0, 0.1) is 0 Å². The van der Waals surface area contributed by atoms with E-state index in [1.165, 1.54) is 6.92 Å². The summed E-state index contributed by atoms with van der Waals surface area (Å²) in [5, 5.41) is 4.38. The van der Waals surface area contributed by atoms with Crippen LogP contribution in [0.25, 0.3) is 22.0 Å². The van der Waals surface area contributed by atoms with E-state index in [-0.39, 0.29) is 11.5 Å². The molecule has 5 nitrogen and oxygen atoms in total. The zero-order valence-electron chi connectivity index (χ0n) is 17.9. The smallest absolute Gasteiger partial charge is 0.259 e. The fourth-order valence-corrected chi connectivity index (χ4v) is 3.70. The van der Waals surface area contributed by atoms with Crippen LogP contribution in [0.4, 0.5) is 11.4 Å². The molecule has 0 unspecified atom stereocenters. The maximum Gasteiger partial charge on any atom is 0.259 e. The van der Waals surface area contributed by atoms with Gasteiger partial charge >= 0.3 is 0 Å². The first-order valence-corrected chi connectivity index (χ1v) is 10.2. The molecular weight excluding hydrogens is 386 g/mol. The van der Waals surface area contributed by atoms with Crippen molar-refractivity contribution in [2.24, 2.45) is 0 Å². The van der Waals surface area contributed by atoms with Gasteiger partial charge in [0.2, 0.25) is 5.91 Å². The Bertz CT molecular complexity index is 1290. The second-order valence-corrected chi connectivity index (χ2v) is 7.83.